The Labute approximate surface area is 281 Å². The number of fused-ring (bicyclic) bond motifs is 1. The molecule has 4 aromatic rings. The first-order valence-electron chi connectivity index (χ1n) is 15.5. The lowest BCUT2D eigenvalue weighted by Gasteiger charge is -2.37. The van der Waals surface area contributed by atoms with Crippen LogP contribution in [0.2, 0.25) is 0 Å². The van der Waals surface area contributed by atoms with Crippen molar-refractivity contribution in [1.82, 2.24) is 4.90 Å². The van der Waals surface area contributed by atoms with E-state index in [-0.39, 0.29) is 17.8 Å². The van der Waals surface area contributed by atoms with Gasteiger partial charge < -0.3 is 20.3 Å². The molecule has 1 aliphatic heterocycles. The highest BCUT2D eigenvalue weighted by atomic mass is 19.4. The van der Waals surface area contributed by atoms with Gasteiger partial charge in [0.25, 0.3) is 11.8 Å². The molecule has 2 N–H and O–H groups in total. The third kappa shape index (κ3) is 8.23. The molecule has 1 aliphatic rings. The second-order valence-corrected chi connectivity index (χ2v) is 11.3. The summed E-state index contributed by atoms with van der Waals surface area (Å²) in [6.07, 6.45) is -5.08. The highest BCUT2D eigenvalue weighted by Crippen LogP contribution is 2.42. The SMILES string of the molecule is NCCCC#Cc1ccc2c(c1)C(=O)N(C(CC(=O)OC(=O)C(F)(F)F)c1ccccc1)C(c1ccccc1)C(=O)N2Cc1ccccc1. The van der Waals surface area contributed by atoms with Crippen LogP contribution in [0, 0.1) is 11.8 Å². The Bertz CT molecular complexity index is 1870. The number of unbranched alkanes of at least 4 members (excludes halogenated alkanes) is 1. The number of anilines is 1. The van der Waals surface area contributed by atoms with Gasteiger partial charge in [-0.3, -0.25) is 14.4 Å². The van der Waals surface area contributed by atoms with Crippen LogP contribution in [0.5, 0.6) is 0 Å². The number of hydrogen-bond donors (Lipinski definition) is 1. The van der Waals surface area contributed by atoms with Crippen LogP contribution >= 0.6 is 0 Å². The predicted octanol–water partition coefficient (Wildman–Crippen LogP) is 6.27. The summed E-state index contributed by atoms with van der Waals surface area (Å²) in [4.78, 5) is 57.2. The van der Waals surface area contributed by atoms with Gasteiger partial charge in [0.1, 0.15) is 6.04 Å². The number of benzene rings is 4. The van der Waals surface area contributed by atoms with Gasteiger partial charge in [0.05, 0.1) is 30.3 Å². The van der Waals surface area contributed by atoms with E-state index in [0.29, 0.717) is 36.1 Å². The standard InChI is InChI=1S/C38H32F3N3O5/c39-38(40,41)37(48)49-33(45)24-32(28-16-8-2-9-17-28)44-34(29-18-10-3-11-19-29)36(47)43(25-27-14-5-1-6-15-27)31-21-20-26(13-7-4-12-22-42)23-30(31)35(44)46/h1-3,5-6,8-11,14-21,23,32,34H,4,12,22,24-25,42H2. The van der Waals surface area contributed by atoms with E-state index in [1.807, 2.05) is 30.3 Å². The largest absolute Gasteiger partial charge is 0.491 e. The zero-order valence-electron chi connectivity index (χ0n) is 26.2. The maximum atomic E-state index is 15.0. The molecule has 0 radical (unpaired) electrons. The van der Waals surface area contributed by atoms with Crippen LogP contribution in [0.25, 0.3) is 0 Å². The second kappa shape index (κ2) is 15.4. The van der Waals surface area contributed by atoms with E-state index in [1.165, 1.54) is 9.80 Å². The van der Waals surface area contributed by atoms with E-state index in [0.717, 1.165) is 5.56 Å². The fourth-order valence-corrected chi connectivity index (χ4v) is 5.62. The van der Waals surface area contributed by atoms with E-state index < -0.39 is 48.4 Å². The zero-order chi connectivity index (χ0) is 35.0. The number of amides is 2. The van der Waals surface area contributed by atoms with Crippen LogP contribution in [0.4, 0.5) is 18.9 Å². The molecular formula is C38H32F3N3O5. The van der Waals surface area contributed by atoms with Gasteiger partial charge in [0, 0.05) is 12.0 Å². The molecule has 0 bridgehead atoms. The number of nitrogens with zero attached hydrogens (tertiary/aromatic N) is 2. The summed E-state index contributed by atoms with van der Waals surface area (Å²) in [7, 11) is 0. The third-order valence-electron chi connectivity index (χ3n) is 7.89. The van der Waals surface area contributed by atoms with Crippen LogP contribution in [0.1, 0.15) is 64.0 Å². The van der Waals surface area contributed by atoms with Gasteiger partial charge in [-0.15, -0.1) is 0 Å². The number of halogens is 3. The molecule has 0 aromatic heterocycles. The summed E-state index contributed by atoms with van der Waals surface area (Å²) in [5.74, 6) is 0.662. The number of ether oxygens (including phenoxy) is 1. The number of carbonyl (C=O) groups excluding carboxylic acids is 4. The minimum Gasteiger partial charge on any atom is -0.386 e. The molecule has 1 heterocycles. The predicted molar refractivity (Wildman–Crippen MR) is 176 cm³/mol. The van der Waals surface area contributed by atoms with Crippen molar-refractivity contribution >= 4 is 29.4 Å². The van der Waals surface area contributed by atoms with E-state index >= 15 is 0 Å². The number of esters is 2. The Hall–Kier alpha value is -5.73. The van der Waals surface area contributed by atoms with Gasteiger partial charge >= 0.3 is 18.1 Å². The fraction of sp³-hybridized carbons (Fsp3) is 0.211. The minimum absolute atomic E-state index is 0.0801. The summed E-state index contributed by atoms with van der Waals surface area (Å²) in [5, 5.41) is 0. The molecule has 8 nitrogen and oxygen atoms in total. The molecule has 4 aromatic carbocycles. The highest BCUT2D eigenvalue weighted by molar-refractivity contribution is 6.11. The monoisotopic (exact) mass is 667 g/mol. The Morgan fingerprint density at radius 1 is 0.878 bits per heavy atom. The quantitative estimate of drug-likeness (QED) is 0.0976. The number of nitrogens with two attached hydrogens (primary N) is 1. The van der Waals surface area contributed by atoms with Crippen molar-refractivity contribution in [2.75, 3.05) is 11.4 Å². The number of alkyl halides is 3. The van der Waals surface area contributed by atoms with Crippen molar-refractivity contribution in [1.29, 1.82) is 0 Å². The first-order chi connectivity index (χ1) is 23.6. The third-order valence-corrected chi connectivity index (χ3v) is 7.89. The Balaban J connectivity index is 1.71. The van der Waals surface area contributed by atoms with Crippen molar-refractivity contribution in [2.24, 2.45) is 5.73 Å². The molecule has 0 saturated carbocycles. The Morgan fingerprint density at radius 2 is 1.51 bits per heavy atom. The van der Waals surface area contributed by atoms with Crippen LogP contribution in [-0.4, -0.2) is 41.4 Å². The first kappa shape index (κ1) is 34.6. The van der Waals surface area contributed by atoms with Crippen LogP contribution < -0.4 is 10.6 Å². The van der Waals surface area contributed by atoms with Gasteiger partial charge in [0.15, 0.2) is 0 Å². The molecule has 2 amide bonds. The molecule has 0 saturated heterocycles. The van der Waals surface area contributed by atoms with E-state index in [4.69, 9.17) is 5.73 Å². The molecule has 0 spiro atoms. The molecule has 250 valence electrons. The summed E-state index contributed by atoms with van der Waals surface area (Å²) >= 11 is 0. The topological polar surface area (TPSA) is 110 Å². The van der Waals surface area contributed by atoms with Crippen molar-refractivity contribution in [3.63, 3.8) is 0 Å². The molecule has 2 atom stereocenters. The van der Waals surface area contributed by atoms with Crippen LogP contribution in [0.15, 0.2) is 109 Å². The summed E-state index contributed by atoms with van der Waals surface area (Å²) in [6, 6.07) is 27.9. The maximum absolute atomic E-state index is 15.0. The van der Waals surface area contributed by atoms with Crippen molar-refractivity contribution in [3.05, 3.63) is 137 Å². The molecule has 0 aliphatic carbocycles. The number of hydrogen-bond acceptors (Lipinski definition) is 6. The molecule has 0 fully saturated rings. The average molecular weight is 668 g/mol. The van der Waals surface area contributed by atoms with Crippen LogP contribution in [0.3, 0.4) is 0 Å². The van der Waals surface area contributed by atoms with E-state index in [2.05, 4.69) is 16.6 Å². The number of carbonyl (C=O) groups is 4. The highest BCUT2D eigenvalue weighted by Gasteiger charge is 2.46. The second-order valence-electron chi connectivity index (χ2n) is 11.3. The zero-order valence-corrected chi connectivity index (χ0v) is 26.2. The van der Waals surface area contributed by atoms with Gasteiger partial charge in [-0.05, 0) is 47.9 Å². The van der Waals surface area contributed by atoms with Crippen molar-refractivity contribution in [3.8, 4) is 11.8 Å². The summed E-state index contributed by atoms with van der Waals surface area (Å²) in [6.45, 7) is 0.540. The Kier molecular flexibility index (Phi) is 10.9. The molecule has 11 heteroatoms. The van der Waals surface area contributed by atoms with Crippen molar-refractivity contribution < 1.29 is 37.1 Å². The van der Waals surface area contributed by atoms with E-state index in [9.17, 15) is 32.3 Å². The van der Waals surface area contributed by atoms with Gasteiger partial charge in [-0.25, -0.2) is 4.79 Å². The lowest BCUT2D eigenvalue weighted by molar-refractivity contribution is -0.202. The minimum atomic E-state index is -5.42. The van der Waals surface area contributed by atoms with Crippen LogP contribution in [-0.2, 0) is 25.7 Å². The first-order valence-corrected chi connectivity index (χ1v) is 15.5. The van der Waals surface area contributed by atoms with E-state index in [1.54, 1.807) is 78.9 Å². The maximum Gasteiger partial charge on any atom is 0.491 e. The summed E-state index contributed by atoms with van der Waals surface area (Å²) in [5.41, 5.74) is 7.97. The average Bonchev–Trinajstić information content (AvgIpc) is 3.18. The summed E-state index contributed by atoms with van der Waals surface area (Å²) < 4.78 is 43.4. The smallest absolute Gasteiger partial charge is 0.386 e. The molecular weight excluding hydrogens is 635 g/mol. The van der Waals surface area contributed by atoms with Gasteiger partial charge in [0.2, 0.25) is 0 Å². The fourth-order valence-electron chi connectivity index (χ4n) is 5.62. The van der Waals surface area contributed by atoms with Crippen molar-refractivity contribution in [2.45, 2.75) is 44.1 Å². The van der Waals surface area contributed by atoms with Gasteiger partial charge in [-0.2, -0.15) is 13.2 Å². The number of rotatable bonds is 9. The molecule has 2 unspecified atom stereocenters. The molecule has 5 rings (SSSR count). The lowest BCUT2D eigenvalue weighted by Crippen LogP contribution is -2.45. The normalized spacial score (nSPS) is 15.1. The Morgan fingerprint density at radius 3 is 2.14 bits per heavy atom. The van der Waals surface area contributed by atoms with Gasteiger partial charge in [-0.1, -0.05) is 103 Å². The lowest BCUT2D eigenvalue weighted by atomic mass is 9.95. The molecule has 49 heavy (non-hydrogen) atoms.